The van der Waals surface area contributed by atoms with Gasteiger partial charge in [0.1, 0.15) is 5.75 Å². The molecule has 0 radical (unpaired) electrons. The summed E-state index contributed by atoms with van der Waals surface area (Å²) in [5.74, 6) is 0.464. The van der Waals surface area contributed by atoms with Gasteiger partial charge in [-0.1, -0.05) is 30.3 Å². The zero-order chi connectivity index (χ0) is 19.2. The Bertz CT molecular complexity index is 792. The number of piperidine rings is 1. The number of carbonyl (C=O) groups excluding carboxylic acids is 1. The molecule has 1 heterocycles. The maximum atomic E-state index is 12.5. The molecule has 1 fully saturated rings. The molecule has 0 unspecified atom stereocenters. The molecule has 0 bridgehead atoms. The first-order chi connectivity index (χ1) is 13.1. The van der Waals surface area contributed by atoms with E-state index in [0.717, 1.165) is 49.2 Å². The van der Waals surface area contributed by atoms with Crippen LogP contribution in [0.4, 0.5) is 0 Å². The highest BCUT2D eigenvalue weighted by Crippen LogP contribution is 2.24. The summed E-state index contributed by atoms with van der Waals surface area (Å²) in [6, 6.07) is 14.8. The molecule has 1 saturated heterocycles. The van der Waals surface area contributed by atoms with Crippen molar-refractivity contribution in [3.63, 3.8) is 0 Å². The quantitative estimate of drug-likeness (QED) is 0.850. The molecule has 0 spiro atoms. The van der Waals surface area contributed by atoms with Crippen molar-refractivity contribution in [3.8, 4) is 5.75 Å². The molecule has 2 aromatic carbocycles. The lowest BCUT2D eigenvalue weighted by Gasteiger charge is -2.32. The average molecular weight is 367 g/mol. The van der Waals surface area contributed by atoms with E-state index >= 15 is 0 Å². The first-order valence-electron chi connectivity index (χ1n) is 9.28. The Balaban J connectivity index is 1.52. The molecule has 5 heteroatoms. The average Bonchev–Trinajstić information content (AvgIpc) is 2.69. The van der Waals surface area contributed by atoms with Crippen LogP contribution in [0.15, 0.2) is 48.5 Å². The van der Waals surface area contributed by atoms with Crippen molar-refractivity contribution >= 4 is 11.9 Å². The molecule has 1 amide bonds. The summed E-state index contributed by atoms with van der Waals surface area (Å²) < 4.78 is 5.14. The van der Waals surface area contributed by atoms with Gasteiger partial charge in [0.05, 0.1) is 19.1 Å². The highest BCUT2D eigenvalue weighted by atomic mass is 16.5. The maximum Gasteiger partial charge on any atom is 0.335 e. The normalized spacial score (nSPS) is 14.8. The minimum Gasteiger partial charge on any atom is -0.497 e. The number of hydrogen-bond acceptors (Lipinski definition) is 3. The second-order valence-corrected chi connectivity index (χ2v) is 7.02. The van der Waals surface area contributed by atoms with Gasteiger partial charge in [-0.25, -0.2) is 4.79 Å². The van der Waals surface area contributed by atoms with Crippen molar-refractivity contribution in [1.82, 2.24) is 4.90 Å². The van der Waals surface area contributed by atoms with Crippen LogP contribution in [0.1, 0.15) is 34.3 Å². The van der Waals surface area contributed by atoms with Gasteiger partial charge in [-0.15, -0.1) is 0 Å². The number of hydrogen-bond donors (Lipinski definition) is 1. The predicted molar refractivity (Wildman–Crippen MR) is 103 cm³/mol. The number of likely N-dealkylation sites (tertiary alicyclic amines) is 1. The summed E-state index contributed by atoms with van der Waals surface area (Å²) in [6.07, 6.45) is 2.96. The number of methoxy groups -OCH3 is 1. The minimum atomic E-state index is -0.877. The number of carboxylic acid groups (broad SMARTS) is 1. The van der Waals surface area contributed by atoms with Crippen LogP contribution in [0.25, 0.3) is 0 Å². The Kier molecular flexibility index (Phi) is 6.12. The van der Waals surface area contributed by atoms with Crippen molar-refractivity contribution in [3.05, 3.63) is 65.2 Å². The van der Waals surface area contributed by atoms with E-state index in [2.05, 4.69) is 0 Å². The van der Waals surface area contributed by atoms with Gasteiger partial charge < -0.3 is 14.7 Å². The van der Waals surface area contributed by atoms with Crippen LogP contribution in [0, 0.1) is 5.92 Å². The van der Waals surface area contributed by atoms with Crippen molar-refractivity contribution in [2.45, 2.75) is 25.7 Å². The molecule has 27 heavy (non-hydrogen) atoms. The van der Waals surface area contributed by atoms with Gasteiger partial charge in [-0.3, -0.25) is 4.79 Å². The minimum absolute atomic E-state index is 0.143. The van der Waals surface area contributed by atoms with Gasteiger partial charge in [-0.05, 0) is 54.5 Å². The zero-order valence-corrected chi connectivity index (χ0v) is 15.6. The fourth-order valence-electron chi connectivity index (χ4n) is 3.63. The van der Waals surface area contributed by atoms with E-state index in [1.54, 1.807) is 19.2 Å². The first kappa shape index (κ1) is 19.0. The van der Waals surface area contributed by atoms with Crippen LogP contribution in [-0.2, 0) is 17.6 Å². The summed E-state index contributed by atoms with van der Waals surface area (Å²) in [6.45, 7) is 1.46. The number of benzene rings is 2. The summed E-state index contributed by atoms with van der Waals surface area (Å²) in [5.41, 5.74) is 2.25. The van der Waals surface area contributed by atoms with Gasteiger partial charge in [-0.2, -0.15) is 0 Å². The number of carboxylic acids is 1. The fraction of sp³-hybridized carbons (Fsp3) is 0.364. The molecule has 0 aromatic heterocycles. The molecule has 142 valence electrons. The smallest absolute Gasteiger partial charge is 0.335 e. The molecular weight excluding hydrogens is 342 g/mol. The van der Waals surface area contributed by atoms with Crippen molar-refractivity contribution < 1.29 is 19.4 Å². The van der Waals surface area contributed by atoms with Gasteiger partial charge in [0.25, 0.3) is 0 Å². The standard InChI is InChI=1S/C22H25NO4/c1-27-19-8-6-16(7-9-19)15-21(24)23-12-10-17(11-13-23)14-18-4-2-3-5-20(18)22(25)26/h2-9,17H,10-15H2,1H3,(H,25,26). The van der Waals surface area contributed by atoms with E-state index < -0.39 is 5.97 Å². The monoisotopic (exact) mass is 367 g/mol. The second-order valence-electron chi connectivity index (χ2n) is 7.02. The zero-order valence-electron chi connectivity index (χ0n) is 15.6. The number of rotatable bonds is 6. The van der Waals surface area contributed by atoms with Crippen molar-refractivity contribution in [2.24, 2.45) is 5.92 Å². The van der Waals surface area contributed by atoms with Crippen LogP contribution in [0.3, 0.4) is 0 Å². The third-order valence-electron chi connectivity index (χ3n) is 5.24. The molecule has 0 saturated carbocycles. The van der Waals surface area contributed by atoms with Crippen molar-refractivity contribution in [2.75, 3.05) is 20.2 Å². The third kappa shape index (κ3) is 4.88. The Morgan fingerprint density at radius 2 is 1.74 bits per heavy atom. The molecule has 2 aromatic rings. The lowest BCUT2D eigenvalue weighted by molar-refractivity contribution is -0.131. The number of aromatic carboxylic acids is 1. The Labute approximate surface area is 159 Å². The first-order valence-corrected chi connectivity index (χ1v) is 9.28. The van der Waals surface area contributed by atoms with E-state index in [9.17, 15) is 14.7 Å². The third-order valence-corrected chi connectivity index (χ3v) is 5.24. The van der Waals surface area contributed by atoms with Gasteiger partial charge in [0.15, 0.2) is 0 Å². The number of amides is 1. The van der Waals surface area contributed by atoms with Crippen LogP contribution in [0.5, 0.6) is 5.75 Å². The molecule has 1 aliphatic heterocycles. The Hall–Kier alpha value is -2.82. The van der Waals surface area contributed by atoms with Crippen LogP contribution in [0.2, 0.25) is 0 Å². The number of carbonyl (C=O) groups is 2. The van der Waals surface area contributed by atoms with Gasteiger partial charge in [0, 0.05) is 13.1 Å². The Morgan fingerprint density at radius 1 is 1.07 bits per heavy atom. The molecule has 3 rings (SSSR count). The number of ether oxygens (including phenoxy) is 1. The SMILES string of the molecule is COc1ccc(CC(=O)N2CCC(Cc3ccccc3C(=O)O)CC2)cc1. The lowest BCUT2D eigenvalue weighted by atomic mass is 9.88. The van der Waals surface area contributed by atoms with Crippen molar-refractivity contribution in [1.29, 1.82) is 0 Å². The molecule has 1 N–H and O–H groups in total. The van der Waals surface area contributed by atoms with Crippen LogP contribution in [-0.4, -0.2) is 42.1 Å². The van der Waals surface area contributed by atoms with E-state index in [-0.39, 0.29) is 5.91 Å². The van der Waals surface area contributed by atoms with E-state index in [1.165, 1.54) is 0 Å². The maximum absolute atomic E-state index is 12.5. The van der Waals surface area contributed by atoms with Gasteiger partial charge >= 0.3 is 5.97 Å². The summed E-state index contributed by atoms with van der Waals surface area (Å²) in [5, 5.41) is 9.32. The molecule has 0 atom stereocenters. The highest BCUT2D eigenvalue weighted by molar-refractivity contribution is 5.89. The summed E-state index contributed by atoms with van der Waals surface area (Å²) in [4.78, 5) is 25.8. The van der Waals surface area contributed by atoms with E-state index in [0.29, 0.717) is 17.9 Å². The number of nitrogens with zero attached hydrogens (tertiary/aromatic N) is 1. The molecular formula is C22H25NO4. The highest BCUT2D eigenvalue weighted by Gasteiger charge is 2.24. The summed E-state index contributed by atoms with van der Waals surface area (Å²) >= 11 is 0. The molecule has 1 aliphatic rings. The molecule has 5 nitrogen and oxygen atoms in total. The predicted octanol–water partition coefficient (Wildman–Crippen LogP) is 3.42. The fourth-order valence-corrected chi connectivity index (χ4v) is 3.63. The largest absolute Gasteiger partial charge is 0.497 e. The van der Waals surface area contributed by atoms with E-state index in [4.69, 9.17) is 4.74 Å². The van der Waals surface area contributed by atoms with E-state index in [1.807, 2.05) is 41.3 Å². The molecule has 0 aliphatic carbocycles. The van der Waals surface area contributed by atoms with Gasteiger partial charge in [0.2, 0.25) is 5.91 Å². The Morgan fingerprint density at radius 3 is 2.37 bits per heavy atom. The van der Waals surface area contributed by atoms with Crippen LogP contribution >= 0.6 is 0 Å². The van der Waals surface area contributed by atoms with Crippen LogP contribution < -0.4 is 4.74 Å². The second kappa shape index (κ2) is 8.71. The topological polar surface area (TPSA) is 66.8 Å². The lowest BCUT2D eigenvalue weighted by Crippen LogP contribution is -2.39. The summed E-state index contributed by atoms with van der Waals surface area (Å²) in [7, 11) is 1.62.